The first kappa shape index (κ1) is 12.0. The van der Waals surface area contributed by atoms with Crippen molar-refractivity contribution in [1.82, 2.24) is 4.98 Å². The van der Waals surface area contributed by atoms with E-state index in [0.717, 1.165) is 11.4 Å². The maximum atomic E-state index is 6.22. The van der Waals surface area contributed by atoms with Crippen molar-refractivity contribution < 1.29 is 0 Å². The van der Waals surface area contributed by atoms with Gasteiger partial charge in [0.25, 0.3) is 0 Å². The van der Waals surface area contributed by atoms with Crippen molar-refractivity contribution in [2.45, 2.75) is 19.4 Å². The lowest BCUT2D eigenvalue weighted by molar-refractivity contribution is 0.713. The van der Waals surface area contributed by atoms with E-state index < -0.39 is 0 Å². The predicted molar refractivity (Wildman–Crippen MR) is 76.6 cm³/mol. The summed E-state index contributed by atoms with van der Waals surface area (Å²) in [5.41, 5.74) is 8.72. The maximum absolute atomic E-state index is 6.22. The molecular weight excluding hydrogens is 331 g/mol. The average molecular weight is 344 g/mol. The molecule has 0 fully saturated rings. The highest BCUT2D eigenvalue weighted by Crippen LogP contribution is 2.24. The summed E-state index contributed by atoms with van der Waals surface area (Å²) >= 11 is 4.03. The second-order valence-corrected chi connectivity index (χ2v) is 5.77. The number of halogens is 1. The average Bonchev–Trinajstić information content (AvgIpc) is 2.74. The number of aryl methyl sites for hydroxylation is 1. The van der Waals surface area contributed by atoms with Crippen LogP contribution >= 0.6 is 33.9 Å². The van der Waals surface area contributed by atoms with Crippen LogP contribution in [0.1, 0.15) is 22.2 Å². The molecule has 2 rings (SSSR count). The highest BCUT2D eigenvalue weighted by Gasteiger charge is 2.12. The third-order valence-corrected chi connectivity index (χ3v) is 4.77. The van der Waals surface area contributed by atoms with Crippen LogP contribution in [0.4, 0.5) is 0 Å². The molecule has 0 bridgehead atoms. The van der Waals surface area contributed by atoms with Crippen molar-refractivity contribution in [1.29, 1.82) is 0 Å². The summed E-state index contributed by atoms with van der Waals surface area (Å²) in [6, 6.07) is 6.32. The molecule has 16 heavy (non-hydrogen) atoms. The standard InChI is InChI=1S/C12H13IN2S/c1-8-3-2-4-9(12(8)13)10(14)7-11-15-5-6-16-11/h2-6,10H,7,14H2,1H3. The van der Waals surface area contributed by atoms with Gasteiger partial charge in [0, 0.05) is 27.6 Å². The molecule has 0 aliphatic carbocycles. The lowest BCUT2D eigenvalue weighted by Gasteiger charge is -2.13. The Morgan fingerprint density at radius 3 is 3.00 bits per heavy atom. The molecule has 2 N–H and O–H groups in total. The Morgan fingerprint density at radius 1 is 1.50 bits per heavy atom. The molecule has 1 atom stereocenters. The first-order valence-corrected chi connectivity index (χ1v) is 7.03. The summed E-state index contributed by atoms with van der Waals surface area (Å²) in [6.45, 7) is 2.11. The van der Waals surface area contributed by atoms with Gasteiger partial charge in [0.1, 0.15) is 0 Å². The van der Waals surface area contributed by atoms with Crippen LogP contribution in [0, 0.1) is 10.5 Å². The first-order chi connectivity index (χ1) is 7.68. The number of benzene rings is 1. The Balaban J connectivity index is 2.21. The van der Waals surface area contributed by atoms with E-state index in [2.05, 4.69) is 52.7 Å². The molecule has 0 aliphatic heterocycles. The van der Waals surface area contributed by atoms with Crippen LogP contribution in [0.15, 0.2) is 29.8 Å². The van der Waals surface area contributed by atoms with Crippen LogP contribution in [0.3, 0.4) is 0 Å². The Kier molecular flexibility index (Phi) is 3.94. The van der Waals surface area contributed by atoms with Gasteiger partial charge >= 0.3 is 0 Å². The number of thiazole rings is 1. The van der Waals surface area contributed by atoms with Crippen LogP contribution in [0.2, 0.25) is 0 Å². The van der Waals surface area contributed by atoms with Gasteiger partial charge in [-0.05, 0) is 40.6 Å². The summed E-state index contributed by atoms with van der Waals surface area (Å²) in [5.74, 6) is 0. The molecule has 0 saturated carbocycles. The van der Waals surface area contributed by atoms with Gasteiger partial charge in [0.15, 0.2) is 0 Å². The first-order valence-electron chi connectivity index (χ1n) is 5.07. The van der Waals surface area contributed by atoms with Crippen molar-refractivity contribution in [3.05, 3.63) is 49.5 Å². The van der Waals surface area contributed by atoms with E-state index in [9.17, 15) is 0 Å². The molecule has 0 aliphatic rings. The summed E-state index contributed by atoms with van der Waals surface area (Å²) < 4.78 is 1.27. The van der Waals surface area contributed by atoms with Crippen molar-refractivity contribution >= 4 is 33.9 Å². The molecule has 0 spiro atoms. The van der Waals surface area contributed by atoms with Gasteiger partial charge in [-0.1, -0.05) is 18.2 Å². The molecule has 0 amide bonds. The summed E-state index contributed by atoms with van der Waals surface area (Å²) in [5, 5.41) is 3.09. The van der Waals surface area contributed by atoms with Crippen molar-refractivity contribution in [3.63, 3.8) is 0 Å². The number of nitrogens with two attached hydrogens (primary N) is 1. The second kappa shape index (κ2) is 5.25. The fourth-order valence-corrected chi connectivity index (χ4v) is 3.04. The molecule has 1 unspecified atom stereocenters. The van der Waals surface area contributed by atoms with E-state index in [4.69, 9.17) is 5.73 Å². The fraction of sp³-hybridized carbons (Fsp3) is 0.250. The molecule has 0 saturated heterocycles. The van der Waals surface area contributed by atoms with Gasteiger partial charge in [-0.15, -0.1) is 11.3 Å². The molecule has 84 valence electrons. The largest absolute Gasteiger partial charge is 0.324 e. The van der Waals surface area contributed by atoms with Crippen LogP contribution in [-0.2, 0) is 6.42 Å². The summed E-state index contributed by atoms with van der Waals surface area (Å²) in [7, 11) is 0. The number of rotatable bonds is 3. The van der Waals surface area contributed by atoms with Crippen LogP contribution in [0.25, 0.3) is 0 Å². The number of aromatic nitrogens is 1. The van der Waals surface area contributed by atoms with Crippen molar-refractivity contribution in [2.24, 2.45) is 5.73 Å². The molecule has 1 aromatic heterocycles. The third-order valence-electron chi connectivity index (χ3n) is 2.50. The molecule has 0 radical (unpaired) electrons. The van der Waals surface area contributed by atoms with E-state index in [1.54, 1.807) is 11.3 Å². The summed E-state index contributed by atoms with van der Waals surface area (Å²) in [4.78, 5) is 4.27. The Bertz CT molecular complexity index is 468. The summed E-state index contributed by atoms with van der Waals surface area (Å²) in [6.07, 6.45) is 2.64. The maximum Gasteiger partial charge on any atom is 0.0943 e. The van der Waals surface area contributed by atoms with Crippen molar-refractivity contribution in [3.8, 4) is 0 Å². The highest BCUT2D eigenvalue weighted by molar-refractivity contribution is 14.1. The van der Waals surface area contributed by atoms with Gasteiger partial charge in [-0.2, -0.15) is 0 Å². The molecule has 1 aromatic carbocycles. The van der Waals surface area contributed by atoms with Crippen LogP contribution < -0.4 is 5.73 Å². The molecule has 2 aromatic rings. The normalized spacial score (nSPS) is 12.7. The number of nitrogens with zero attached hydrogens (tertiary/aromatic N) is 1. The van der Waals surface area contributed by atoms with Crippen LogP contribution in [0.5, 0.6) is 0 Å². The third kappa shape index (κ3) is 2.61. The van der Waals surface area contributed by atoms with Crippen molar-refractivity contribution in [2.75, 3.05) is 0 Å². The highest BCUT2D eigenvalue weighted by atomic mass is 127. The Hall–Kier alpha value is -0.460. The minimum Gasteiger partial charge on any atom is -0.324 e. The van der Waals surface area contributed by atoms with Gasteiger partial charge < -0.3 is 5.73 Å². The lowest BCUT2D eigenvalue weighted by atomic mass is 10.0. The van der Waals surface area contributed by atoms with E-state index in [-0.39, 0.29) is 6.04 Å². The topological polar surface area (TPSA) is 38.9 Å². The van der Waals surface area contributed by atoms with Gasteiger partial charge in [-0.25, -0.2) is 4.98 Å². The number of hydrogen-bond donors (Lipinski definition) is 1. The number of hydrogen-bond acceptors (Lipinski definition) is 3. The lowest BCUT2D eigenvalue weighted by Crippen LogP contribution is -2.15. The zero-order valence-corrected chi connectivity index (χ0v) is 12.0. The van der Waals surface area contributed by atoms with E-state index in [1.807, 2.05) is 11.6 Å². The monoisotopic (exact) mass is 344 g/mol. The van der Waals surface area contributed by atoms with E-state index >= 15 is 0 Å². The minimum atomic E-state index is 0.0398. The molecular formula is C12H13IN2S. The minimum absolute atomic E-state index is 0.0398. The quantitative estimate of drug-likeness (QED) is 0.868. The van der Waals surface area contributed by atoms with Gasteiger partial charge in [0.05, 0.1) is 5.01 Å². The molecule has 1 heterocycles. The van der Waals surface area contributed by atoms with Crippen LogP contribution in [-0.4, -0.2) is 4.98 Å². The second-order valence-electron chi connectivity index (χ2n) is 3.71. The van der Waals surface area contributed by atoms with E-state index in [1.165, 1.54) is 14.7 Å². The molecule has 2 nitrogen and oxygen atoms in total. The SMILES string of the molecule is Cc1cccc(C(N)Cc2nccs2)c1I. The predicted octanol–water partition coefficient (Wildman–Crippen LogP) is 3.30. The molecule has 4 heteroatoms. The van der Waals surface area contributed by atoms with E-state index in [0.29, 0.717) is 0 Å². The Morgan fingerprint density at radius 2 is 2.31 bits per heavy atom. The Labute approximate surface area is 113 Å². The smallest absolute Gasteiger partial charge is 0.0943 e. The zero-order valence-electron chi connectivity index (χ0n) is 8.98. The van der Waals surface area contributed by atoms with Gasteiger partial charge in [-0.3, -0.25) is 0 Å². The zero-order chi connectivity index (χ0) is 11.5. The fourth-order valence-electron chi connectivity index (χ4n) is 1.61. The van der Waals surface area contributed by atoms with Gasteiger partial charge in [0.2, 0.25) is 0 Å².